The van der Waals surface area contributed by atoms with Crippen LogP contribution >= 0.6 is 11.3 Å². The van der Waals surface area contributed by atoms with Crippen molar-refractivity contribution in [3.05, 3.63) is 42.0 Å². The second kappa shape index (κ2) is 5.30. The molecule has 18 heavy (non-hydrogen) atoms. The van der Waals surface area contributed by atoms with Gasteiger partial charge in [0.05, 0.1) is 5.56 Å². The number of carboxylic acids is 1. The van der Waals surface area contributed by atoms with Gasteiger partial charge in [-0.05, 0) is 29.8 Å². The predicted molar refractivity (Wildman–Crippen MR) is 71.1 cm³/mol. The normalized spacial score (nSPS) is 12.1. The van der Waals surface area contributed by atoms with Crippen molar-refractivity contribution >= 4 is 33.6 Å². The Hall–Kier alpha value is -1.70. The molecule has 0 saturated carbocycles. The van der Waals surface area contributed by atoms with Crippen LogP contribution in [0.1, 0.15) is 10.4 Å². The Balaban J connectivity index is 2.23. The van der Waals surface area contributed by atoms with Crippen molar-refractivity contribution in [3.63, 3.8) is 0 Å². The molecule has 0 aliphatic carbocycles. The van der Waals surface area contributed by atoms with Crippen molar-refractivity contribution in [2.45, 2.75) is 0 Å². The van der Waals surface area contributed by atoms with Gasteiger partial charge in [-0.1, -0.05) is 12.1 Å². The molecule has 3 N–H and O–H groups in total. The summed E-state index contributed by atoms with van der Waals surface area (Å²) in [6, 6.07) is 9.95. The molecular weight excluding hydrogens is 274 g/mol. The summed E-state index contributed by atoms with van der Waals surface area (Å²) in [6.45, 7) is 0. The van der Waals surface area contributed by atoms with E-state index in [2.05, 4.69) is 4.72 Å². The first-order chi connectivity index (χ1) is 8.56. The van der Waals surface area contributed by atoms with E-state index in [9.17, 15) is 9.00 Å². The Bertz CT molecular complexity index is 591. The third-order valence-electron chi connectivity index (χ3n) is 2.21. The summed E-state index contributed by atoms with van der Waals surface area (Å²) in [5.74, 6) is -0.967. The molecule has 0 fully saturated rings. The number of carbonyl (C=O) groups is 1. The molecule has 2 aromatic rings. The van der Waals surface area contributed by atoms with Crippen LogP contribution in [0, 0.1) is 0 Å². The Morgan fingerprint density at radius 3 is 2.39 bits per heavy atom. The SMILES string of the molecule is O=C(O)c1ccc(-c2ccc(NS(=O)O)s2)cc1. The van der Waals surface area contributed by atoms with Crippen LogP contribution in [0.25, 0.3) is 10.4 Å². The molecule has 0 amide bonds. The van der Waals surface area contributed by atoms with Crippen molar-refractivity contribution in [1.82, 2.24) is 0 Å². The van der Waals surface area contributed by atoms with E-state index in [0.29, 0.717) is 5.00 Å². The van der Waals surface area contributed by atoms with Crippen LogP contribution in [-0.4, -0.2) is 19.8 Å². The number of carboxylic acid groups (broad SMARTS) is 1. The summed E-state index contributed by atoms with van der Waals surface area (Å²) < 4.78 is 21.6. The number of thiophene rings is 1. The molecule has 1 unspecified atom stereocenters. The van der Waals surface area contributed by atoms with Crippen molar-refractivity contribution in [1.29, 1.82) is 0 Å². The van der Waals surface area contributed by atoms with Crippen molar-refractivity contribution < 1.29 is 18.7 Å². The molecule has 0 radical (unpaired) electrons. The third kappa shape index (κ3) is 2.95. The smallest absolute Gasteiger partial charge is 0.335 e. The van der Waals surface area contributed by atoms with E-state index >= 15 is 0 Å². The first kappa shape index (κ1) is 12.7. The summed E-state index contributed by atoms with van der Waals surface area (Å²) in [7, 11) is 0. The lowest BCUT2D eigenvalue weighted by atomic mass is 10.1. The fourth-order valence-electron chi connectivity index (χ4n) is 1.41. The lowest BCUT2D eigenvalue weighted by molar-refractivity contribution is 0.0697. The minimum atomic E-state index is -2.09. The van der Waals surface area contributed by atoms with Crippen LogP contribution in [-0.2, 0) is 11.3 Å². The summed E-state index contributed by atoms with van der Waals surface area (Å²) in [5.41, 5.74) is 1.09. The van der Waals surface area contributed by atoms with Crippen LogP contribution in [0.15, 0.2) is 36.4 Å². The average molecular weight is 283 g/mol. The number of aromatic carboxylic acids is 1. The summed E-state index contributed by atoms with van der Waals surface area (Å²) in [5, 5.41) is 9.36. The van der Waals surface area contributed by atoms with Crippen LogP contribution in [0.2, 0.25) is 0 Å². The molecule has 1 aromatic carbocycles. The minimum Gasteiger partial charge on any atom is -0.478 e. The van der Waals surface area contributed by atoms with Crippen molar-refractivity contribution in [3.8, 4) is 10.4 Å². The van der Waals surface area contributed by atoms with Crippen LogP contribution in [0.5, 0.6) is 0 Å². The van der Waals surface area contributed by atoms with Crippen molar-refractivity contribution in [2.24, 2.45) is 0 Å². The quantitative estimate of drug-likeness (QED) is 0.753. The zero-order valence-electron chi connectivity index (χ0n) is 8.99. The second-order valence-corrected chi connectivity index (χ2v) is 5.18. The topological polar surface area (TPSA) is 86.6 Å². The Kier molecular flexibility index (Phi) is 3.75. The van der Waals surface area contributed by atoms with Gasteiger partial charge >= 0.3 is 5.97 Å². The number of anilines is 1. The average Bonchev–Trinajstić information content (AvgIpc) is 2.76. The highest BCUT2D eigenvalue weighted by molar-refractivity contribution is 7.80. The van der Waals surface area contributed by atoms with E-state index in [1.165, 1.54) is 23.5 Å². The molecule has 5 nitrogen and oxygen atoms in total. The van der Waals surface area contributed by atoms with E-state index < -0.39 is 17.2 Å². The Morgan fingerprint density at radius 2 is 1.83 bits per heavy atom. The lowest BCUT2D eigenvalue weighted by Crippen LogP contribution is -1.99. The third-order valence-corrected chi connectivity index (χ3v) is 3.78. The van der Waals surface area contributed by atoms with Gasteiger partial charge in [-0.15, -0.1) is 11.3 Å². The number of benzene rings is 1. The summed E-state index contributed by atoms with van der Waals surface area (Å²) in [6.07, 6.45) is 0. The predicted octanol–water partition coefficient (Wildman–Crippen LogP) is 2.66. The van der Waals surface area contributed by atoms with Crippen LogP contribution in [0.3, 0.4) is 0 Å². The second-order valence-electron chi connectivity index (χ2n) is 3.40. The molecule has 2 rings (SSSR count). The Morgan fingerprint density at radius 1 is 1.17 bits per heavy atom. The van der Waals surface area contributed by atoms with Crippen LogP contribution in [0.4, 0.5) is 5.00 Å². The first-order valence-corrected chi connectivity index (χ1v) is 6.79. The van der Waals surface area contributed by atoms with E-state index in [-0.39, 0.29) is 5.56 Å². The minimum absolute atomic E-state index is 0.227. The molecule has 0 aliphatic rings. The maximum Gasteiger partial charge on any atom is 0.335 e. The molecule has 7 heteroatoms. The van der Waals surface area contributed by atoms with E-state index in [0.717, 1.165) is 10.4 Å². The number of nitrogens with one attached hydrogen (secondary N) is 1. The zero-order chi connectivity index (χ0) is 13.1. The van der Waals surface area contributed by atoms with Gasteiger partial charge in [0.15, 0.2) is 0 Å². The molecule has 94 valence electrons. The Labute approximate surface area is 110 Å². The first-order valence-electron chi connectivity index (χ1n) is 4.87. The molecule has 1 atom stereocenters. The molecule has 0 bridgehead atoms. The number of hydrogen-bond donors (Lipinski definition) is 3. The van der Waals surface area contributed by atoms with Gasteiger partial charge in [-0.25, -0.2) is 9.00 Å². The zero-order valence-corrected chi connectivity index (χ0v) is 10.6. The molecule has 0 aliphatic heterocycles. The highest BCUT2D eigenvalue weighted by Gasteiger charge is 2.06. The largest absolute Gasteiger partial charge is 0.478 e. The van der Waals surface area contributed by atoms with Gasteiger partial charge < -0.3 is 5.11 Å². The molecule has 1 aromatic heterocycles. The summed E-state index contributed by atoms with van der Waals surface area (Å²) in [4.78, 5) is 11.6. The highest BCUT2D eigenvalue weighted by Crippen LogP contribution is 2.31. The van der Waals surface area contributed by atoms with Gasteiger partial charge in [0.2, 0.25) is 0 Å². The van der Waals surface area contributed by atoms with Crippen molar-refractivity contribution in [2.75, 3.05) is 4.72 Å². The summed E-state index contributed by atoms with van der Waals surface area (Å²) >= 11 is -0.770. The lowest BCUT2D eigenvalue weighted by Gasteiger charge is -1.98. The monoisotopic (exact) mass is 283 g/mol. The fraction of sp³-hybridized carbons (Fsp3) is 0. The van der Waals surface area contributed by atoms with Gasteiger partial charge in [0.25, 0.3) is 11.3 Å². The van der Waals surface area contributed by atoms with Gasteiger partial charge in [0.1, 0.15) is 5.00 Å². The standard InChI is InChI=1S/C11H9NO4S2/c13-11(14)8-3-1-7(2-4-8)9-5-6-10(17-9)12-18(15)16/h1-6,12H,(H,13,14)(H,15,16). The molecule has 1 heterocycles. The molecule has 0 spiro atoms. The number of hydrogen-bond acceptors (Lipinski definition) is 3. The molecular formula is C11H9NO4S2. The van der Waals surface area contributed by atoms with E-state index in [1.54, 1.807) is 24.3 Å². The van der Waals surface area contributed by atoms with Gasteiger partial charge in [-0.2, -0.15) is 0 Å². The van der Waals surface area contributed by atoms with Gasteiger partial charge in [0, 0.05) is 4.88 Å². The van der Waals surface area contributed by atoms with Crippen LogP contribution < -0.4 is 4.72 Å². The number of rotatable bonds is 4. The van der Waals surface area contributed by atoms with E-state index in [1.807, 2.05) is 0 Å². The fourth-order valence-corrected chi connectivity index (χ4v) is 2.79. The van der Waals surface area contributed by atoms with Gasteiger partial charge in [-0.3, -0.25) is 9.27 Å². The highest BCUT2D eigenvalue weighted by atomic mass is 32.2. The molecule has 0 saturated heterocycles. The maximum absolute atomic E-state index is 10.7. The maximum atomic E-state index is 10.7. The van der Waals surface area contributed by atoms with E-state index in [4.69, 9.17) is 9.66 Å².